The first-order chi connectivity index (χ1) is 11.4. The summed E-state index contributed by atoms with van der Waals surface area (Å²) in [4.78, 5) is 25.8. The molecule has 2 rings (SSSR count). The van der Waals surface area contributed by atoms with E-state index in [1.807, 2.05) is 6.92 Å². The van der Waals surface area contributed by atoms with Crippen LogP contribution in [0, 0.1) is 0 Å². The summed E-state index contributed by atoms with van der Waals surface area (Å²) in [5.74, 6) is -0.0728. The third-order valence-corrected chi connectivity index (χ3v) is 4.03. The predicted molar refractivity (Wildman–Crippen MR) is 95.3 cm³/mol. The van der Waals surface area contributed by atoms with Gasteiger partial charge in [-0.05, 0) is 43.8 Å². The number of thiocarbonyl (C=S) groups is 1. The van der Waals surface area contributed by atoms with Gasteiger partial charge in [0.1, 0.15) is 5.57 Å². The molecule has 1 fully saturated rings. The Morgan fingerprint density at radius 3 is 2.58 bits per heavy atom. The molecule has 1 N–H and O–H groups in total. The number of halogens is 1. The van der Waals surface area contributed by atoms with E-state index < -0.39 is 11.8 Å². The first kappa shape index (κ1) is 18.2. The maximum absolute atomic E-state index is 12.4. The first-order valence-electron chi connectivity index (χ1n) is 7.32. The van der Waals surface area contributed by atoms with E-state index in [0.717, 1.165) is 0 Å². The molecule has 8 heteroatoms. The van der Waals surface area contributed by atoms with Crippen molar-refractivity contribution in [2.45, 2.75) is 13.8 Å². The molecule has 1 aliphatic rings. The van der Waals surface area contributed by atoms with Crippen LogP contribution >= 0.6 is 23.8 Å². The lowest BCUT2D eigenvalue weighted by Crippen LogP contribution is -2.53. The summed E-state index contributed by atoms with van der Waals surface area (Å²) in [6.45, 7) is 4.43. The molecule has 0 bridgehead atoms. The van der Waals surface area contributed by atoms with Gasteiger partial charge in [0.2, 0.25) is 0 Å². The summed E-state index contributed by atoms with van der Waals surface area (Å²) in [5.41, 5.74) is 0.429. The fourth-order valence-electron chi connectivity index (χ4n) is 2.23. The molecule has 0 aromatic heterocycles. The summed E-state index contributed by atoms with van der Waals surface area (Å²) in [6.07, 6.45) is 1.42. The van der Waals surface area contributed by atoms with E-state index in [-0.39, 0.29) is 10.7 Å². The molecule has 0 atom stereocenters. The second-order valence-corrected chi connectivity index (χ2v) is 5.62. The van der Waals surface area contributed by atoms with Crippen molar-refractivity contribution in [2.24, 2.45) is 0 Å². The second kappa shape index (κ2) is 7.63. The molecule has 2 amide bonds. The molecule has 1 aromatic rings. The largest absolute Gasteiger partial charge is 0.493 e. The number of hydrogen-bond donors (Lipinski definition) is 1. The Hall–Kier alpha value is -2.12. The Balaban J connectivity index is 2.48. The van der Waals surface area contributed by atoms with E-state index in [4.69, 9.17) is 33.3 Å². The average molecular weight is 369 g/mol. The van der Waals surface area contributed by atoms with E-state index >= 15 is 0 Å². The molecular weight excluding hydrogens is 352 g/mol. The summed E-state index contributed by atoms with van der Waals surface area (Å²) in [6, 6.07) is 3.20. The van der Waals surface area contributed by atoms with Gasteiger partial charge in [0.25, 0.3) is 11.8 Å². The van der Waals surface area contributed by atoms with Crippen LogP contribution in [0.2, 0.25) is 5.02 Å². The Morgan fingerprint density at radius 2 is 2.00 bits per heavy atom. The van der Waals surface area contributed by atoms with Crippen LogP contribution in [0.5, 0.6) is 11.5 Å². The Bertz CT molecular complexity index is 733. The maximum atomic E-state index is 12.4. The molecule has 0 saturated carbocycles. The van der Waals surface area contributed by atoms with Crippen molar-refractivity contribution >= 4 is 46.8 Å². The minimum atomic E-state index is -0.557. The van der Waals surface area contributed by atoms with Gasteiger partial charge >= 0.3 is 0 Å². The number of ether oxygens (including phenoxy) is 2. The molecule has 0 radical (unpaired) electrons. The van der Waals surface area contributed by atoms with Gasteiger partial charge in [0.05, 0.1) is 18.7 Å². The predicted octanol–water partition coefficient (Wildman–Crippen LogP) is 2.39. The number of methoxy groups -OCH3 is 1. The maximum Gasteiger partial charge on any atom is 0.265 e. The number of nitrogens with one attached hydrogen (secondary N) is 1. The lowest BCUT2D eigenvalue weighted by atomic mass is 10.1. The van der Waals surface area contributed by atoms with Gasteiger partial charge in [-0.25, -0.2) is 0 Å². The van der Waals surface area contributed by atoms with E-state index in [9.17, 15) is 9.59 Å². The average Bonchev–Trinajstić information content (AvgIpc) is 2.53. The summed E-state index contributed by atoms with van der Waals surface area (Å²) in [5, 5.41) is 2.92. The van der Waals surface area contributed by atoms with Crippen LogP contribution < -0.4 is 14.8 Å². The van der Waals surface area contributed by atoms with Gasteiger partial charge in [-0.3, -0.25) is 19.8 Å². The lowest BCUT2D eigenvalue weighted by molar-refractivity contribution is -0.128. The highest BCUT2D eigenvalue weighted by molar-refractivity contribution is 7.80. The number of carbonyl (C=O) groups excluding carboxylic acids is 2. The summed E-state index contributed by atoms with van der Waals surface area (Å²) in [7, 11) is 1.50. The quantitative estimate of drug-likeness (QED) is 0.491. The summed E-state index contributed by atoms with van der Waals surface area (Å²) >= 11 is 11.2. The van der Waals surface area contributed by atoms with E-state index in [1.54, 1.807) is 19.1 Å². The van der Waals surface area contributed by atoms with Gasteiger partial charge in [-0.2, -0.15) is 0 Å². The van der Waals surface area contributed by atoms with Crippen molar-refractivity contribution in [3.8, 4) is 11.5 Å². The lowest BCUT2D eigenvalue weighted by Gasteiger charge is -2.27. The van der Waals surface area contributed by atoms with Crippen LogP contribution in [-0.2, 0) is 9.59 Å². The third-order valence-electron chi connectivity index (χ3n) is 3.38. The Morgan fingerprint density at radius 1 is 1.29 bits per heavy atom. The van der Waals surface area contributed by atoms with Gasteiger partial charge in [0, 0.05) is 12.6 Å². The molecule has 24 heavy (non-hydrogen) atoms. The van der Waals surface area contributed by atoms with Gasteiger partial charge in [-0.15, -0.1) is 0 Å². The van der Waals surface area contributed by atoms with Crippen molar-refractivity contribution < 1.29 is 19.1 Å². The van der Waals surface area contributed by atoms with Crippen LogP contribution in [-0.4, -0.2) is 42.1 Å². The van der Waals surface area contributed by atoms with Crippen LogP contribution in [0.15, 0.2) is 17.7 Å². The topological polar surface area (TPSA) is 67.9 Å². The Labute approximate surface area is 150 Å². The van der Waals surface area contributed by atoms with Crippen LogP contribution in [0.3, 0.4) is 0 Å². The first-order valence-corrected chi connectivity index (χ1v) is 8.10. The molecule has 0 unspecified atom stereocenters. The highest BCUT2D eigenvalue weighted by atomic mass is 35.5. The van der Waals surface area contributed by atoms with Crippen LogP contribution in [0.1, 0.15) is 19.4 Å². The minimum Gasteiger partial charge on any atom is -0.493 e. The normalized spacial score (nSPS) is 16.4. The fraction of sp³-hybridized carbons (Fsp3) is 0.312. The highest BCUT2D eigenvalue weighted by Crippen LogP contribution is 2.34. The van der Waals surface area contributed by atoms with E-state index in [1.165, 1.54) is 18.1 Å². The molecule has 1 aliphatic heterocycles. The van der Waals surface area contributed by atoms with Crippen molar-refractivity contribution in [3.05, 3.63) is 28.3 Å². The standard InChI is InChI=1S/C16H17ClN2O4S/c1-4-19-15(21)10(14(20)18-16(19)24)6-9-7-12(22-3)13(23-5-2)8-11(9)17/h6-8H,4-5H2,1-3H3,(H,18,20,24)/b10-6+. The summed E-state index contributed by atoms with van der Waals surface area (Å²) < 4.78 is 10.7. The number of nitrogens with zero attached hydrogens (tertiary/aromatic N) is 1. The van der Waals surface area contributed by atoms with Crippen molar-refractivity contribution in [3.63, 3.8) is 0 Å². The molecule has 1 saturated heterocycles. The zero-order valence-corrected chi connectivity index (χ0v) is 15.1. The minimum absolute atomic E-state index is 0.0430. The monoisotopic (exact) mass is 368 g/mol. The van der Waals surface area contributed by atoms with Crippen LogP contribution in [0.25, 0.3) is 6.08 Å². The van der Waals surface area contributed by atoms with Gasteiger partial charge in [0.15, 0.2) is 16.6 Å². The zero-order chi connectivity index (χ0) is 17.9. The van der Waals surface area contributed by atoms with Gasteiger partial charge < -0.3 is 9.47 Å². The molecule has 1 heterocycles. The SMILES string of the molecule is CCOc1cc(Cl)c(/C=C2\C(=O)NC(=S)N(CC)C2=O)cc1OC. The van der Waals surface area contributed by atoms with Crippen molar-refractivity contribution in [1.82, 2.24) is 10.2 Å². The number of carbonyl (C=O) groups is 2. The number of hydrogen-bond acceptors (Lipinski definition) is 5. The third kappa shape index (κ3) is 3.52. The zero-order valence-electron chi connectivity index (χ0n) is 13.5. The molecule has 6 nitrogen and oxygen atoms in total. The molecule has 1 aromatic carbocycles. The van der Waals surface area contributed by atoms with E-state index in [0.29, 0.717) is 35.2 Å². The Kier molecular flexibility index (Phi) is 5.80. The fourth-order valence-corrected chi connectivity index (χ4v) is 2.74. The smallest absolute Gasteiger partial charge is 0.265 e. The van der Waals surface area contributed by atoms with Crippen LogP contribution in [0.4, 0.5) is 0 Å². The van der Waals surface area contributed by atoms with Crippen molar-refractivity contribution in [1.29, 1.82) is 0 Å². The van der Waals surface area contributed by atoms with Crippen molar-refractivity contribution in [2.75, 3.05) is 20.3 Å². The number of likely N-dealkylation sites (N-methyl/N-ethyl adjacent to an activating group) is 1. The number of rotatable bonds is 5. The molecule has 128 valence electrons. The highest BCUT2D eigenvalue weighted by Gasteiger charge is 2.32. The molecule has 0 spiro atoms. The second-order valence-electron chi connectivity index (χ2n) is 4.82. The number of amides is 2. The molecular formula is C16H17ClN2O4S. The number of benzene rings is 1. The molecule has 0 aliphatic carbocycles. The van der Waals surface area contributed by atoms with E-state index in [2.05, 4.69) is 5.32 Å². The van der Waals surface area contributed by atoms with Gasteiger partial charge in [-0.1, -0.05) is 11.6 Å².